The summed E-state index contributed by atoms with van der Waals surface area (Å²) in [5.41, 5.74) is 0.319. The third kappa shape index (κ3) is 3.42. The summed E-state index contributed by atoms with van der Waals surface area (Å²) in [6.07, 6.45) is 0.362. The Morgan fingerprint density at radius 1 is 0.724 bits per heavy atom. The van der Waals surface area contributed by atoms with E-state index in [1.807, 2.05) is 0 Å². The van der Waals surface area contributed by atoms with Crippen molar-refractivity contribution in [3.63, 3.8) is 0 Å². The van der Waals surface area contributed by atoms with Crippen molar-refractivity contribution in [1.29, 1.82) is 0 Å². The van der Waals surface area contributed by atoms with Gasteiger partial charge < -0.3 is 0 Å². The van der Waals surface area contributed by atoms with Gasteiger partial charge in [-0.05, 0) is 55.0 Å². The first-order chi connectivity index (χ1) is 13.3. The Morgan fingerprint density at radius 2 is 1.21 bits per heavy atom. The first kappa shape index (κ1) is 21.7. The minimum absolute atomic E-state index is 0.0798. The standard InChI is InChI=1S/C11H10F4.C11H11F3/c1-5-3-7-4-6(2)11(14,15)8(7)10(13)9(5)12;1-6-3-8-5-7(2)11(13,14)10(8)9(12)4-6/h3,6H,4H2,1-2H3;3-4,7H,5H2,1-2H3. The van der Waals surface area contributed by atoms with Gasteiger partial charge in [0.15, 0.2) is 11.6 Å². The van der Waals surface area contributed by atoms with Crippen molar-refractivity contribution in [3.8, 4) is 0 Å². The summed E-state index contributed by atoms with van der Waals surface area (Å²) in [5, 5.41) is 0. The summed E-state index contributed by atoms with van der Waals surface area (Å²) < 4.78 is 93.8. The Morgan fingerprint density at radius 3 is 1.76 bits per heavy atom. The molecule has 0 radical (unpaired) electrons. The van der Waals surface area contributed by atoms with E-state index in [0.717, 1.165) is 0 Å². The van der Waals surface area contributed by atoms with Crippen LogP contribution in [0.2, 0.25) is 0 Å². The fraction of sp³-hybridized carbons (Fsp3) is 0.455. The van der Waals surface area contributed by atoms with Crippen LogP contribution in [0.4, 0.5) is 30.7 Å². The molecule has 2 aliphatic rings. The fourth-order valence-corrected chi connectivity index (χ4v) is 4.10. The molecule has 2 unspecified atom stereocenters. The molecule has 0 bridgehead atoms. The largest absolute Gasteiger partial charge is 0.279 e. The average molecular weight is 418 g/mol. The zero-order valence-electron chi connectivity index (χ0n) is 16.4. The van der Waals surface area contributed by atoms with E-state index in [-0.39, 0.29) is 24.0 Å². The van der Waals surface area contributed by atoms with Gasteiger partial charge in [-0.3, -0.25) is 0 Å². The number of benzene rings is 2. The van der Waals surface area contributed by atoms with Gasteiger partial charge in [-0.25, -0.2) is 30.7 Å². The molecule has 7 heteroatoms. The number of alkyl halides is 4. The normalized spacial score (nSPS) is 23.3. The quantitative estimate of drug-likeness (QED) is 0.405. The van der Waals surface area contributed by atoms with Crippen LogP contribution in [-0.2, 0) is 24.7 Å². The Bertz CT molecular complexity index is 962. The molecule has 0 fully saturated rings. The predicted molar refractivity (Wildman–Crippen MR) is 95.8 cm³/mol. The van der Waals surface area contributed by atoms with Gasteiger partial charge in [0.05, 0.1) is 11.1 Å². The Balaban J connectivity index is 0.000000166. The molecular weight excluding hydrogens is 397 g/mol. The summed E-state index contributed by atoms with van der Waals surface area (Å²) in [6.45, 7) is 5.88. The van der Waals surface area contributed by atoms with Gasteiger partial charge >= 0.3 is 0 Å². The maximum absolute atomic E-state index is 13.5. The molecule has 0 spiro atoms. The molecule has 0 saturated heterocycles. The topological polar surface area (TPSA) is 0 Å². The van der Waals surface area contributed by atoms with E-state index in [0.29, 0.717) is 11.1 Å². The predicted octanol–water partition coefficient (Wildman–Crippen LogP) is 6.98. The molecule has 0 saturated carbocycles. The summed E-state index contributed by atoms with van der Waals surface area (Å²) >= 11 is 0. The zero-order chi connectivity index (χ0) is 21.9. The van der Waals surface area contributed by atoms with Crippen molar-refractivity contribution in [1.82, 2.24) is 0 Å². The van der Waals surface area contributed by atoms with Crippen molar-refractivity contribution < 1.29 is 30.7 Å². The van der Waals surface area contributed by atoms with E-state index >= 15 is 0 Å². The number of hydrogen-bond acceptors (Lipinski definition) is 0. The van der Waals surface area contributed by atoms with E-state index in [2.05, 4.69) is 0 Å². The highest BCUT2D eigenvalue weighted by atomic mass is 19.3. The second-order valence-electron chi connectivity index (χ2n) is 8.09. The molecule has 0 heterocycles. The second kappa shape index (κ2) is 7.03. The Kier molecular flexibility index (Phi) is 5.25. The van der Waals surface area contributed by atoms with Gasteiger partial charge in [0.1, 0.15) is 5.82 Å². The van der Waals surface area contributed by atoms with Crippen LogP contribution < -0.4 is 0 Å². The van der Waals surface area contributed by atoms with E-state index in [9.17, 15) is 30.7 Å². The summed E-state index contributed by atoms with van der Waals surface area (Å²) in [7, 11) is 0. The average Bonchev–Trinajstić information content (AvgIpc) is 2.94. The Labute approximate surface area is 164 Å². The second-order valence-corrected chi connectivity index (χ2v) is 8.09. The third-order valence-corrected chi connectivity index (χ3v) is 5.74. The molecule has 2 aromatic rings. The molecule has 158 valence electrons. The molecule has 2 aliphatic carbocycles. The molecule has 29 heavy (non-hydrogen) atoms. The summed E-state index contributed by atoms with van der Waals surface area (Å²) in [6, 6.07) is 4.13. The third-order valence-electron chi connectivity index (χ3n) is 5.74. The zero-order valence-corrected chi connectivity index (χ0v) is 16.4. The van der Waals surface area contributed by atoms with Gasteiger partial charge in [0, 0.05) is 11.8 Å². The number of fused-ring (bicyclic) bond motifs is 2. The first-order valence-electron chi connectivity index (χ1n) is 9.31. The van der Waals surface area contributed by atoms with E-state index in [1.165, 1.54) is 32.9 Å². The highest BCUT2D eigenvalue weighted by Crippen LogP contribution is 2.48. The lowest BCUT2D eigenvalue weighted by molar-refractivity contribution is -0.0484. The number of rotatable bonds is 0. The lowest BCUT2D eigenvalue weighted by atomic mass is 10.0. The van der Waals surface area contributed by atoms with Gasteiger partial charge in [0.25, 0.3) is 11.8 Å². The molecule has 2 aromatic carbocycles. The van der Waals surface area contributed by atoms with Crippen LogP contribution in [0.25, 0.3) is 0 Å². The van der Waals surface area contributed by atoms with Crippen LogP contribution >= 0.6 is 0 Å². The van der Waals surface area contributed by atoms with Crippen LogP contribution in [0.15, 0.2) is 18.2 Å². The van der Waals surface area contributed by atoms with Crippen molar-refractivity contribution in [2.45, 2.75) is 52.4 Å². The number of hydrogen-bond donors (Lipinski definition) is 0. The van der Waals surface area contributed by atoms with Crippen LogP contribution in [0.1, 0.15) is 47.2 Å². The molecule has 0 N–H and O–H groups in total. The molecule has 0 aromatic heterocycles. The van der Waals surface area contributed by atoms with Crippen LogP contribution in [0.5, 0.6) is 0 Å². The van der Waals surface area contributed by atoms with Crippen molar-refractivity contribution in [2.75, 3.05) is 0 Å². The smallest absolute Gasteiger partial charge is 0.206 e. The highest BCUT2D eigenvalue weighted by molar-refractivity contribution is 5.42. The number of aryl methyl sites for hydroxylation is 2. The first-order valence-corrected chi connectivity index (χ1v) is 9.31. The number of halogens is 7. The van der Waals surface area contributed by atoms with Crippen LogP contribution in [-0.4, -0.2) is 0 Å². The minimum Gasteiger partial charge on any atom is -0.206 e. The highest BCUT2D eigenvalue weighted by Gasteiger charge is 2.49. The summed E-state index contributed by atoms with van der Waals surface area (Å²) in [5.74, 6) is -11.4. The maximum atomic E-state index is 13.5. The lowest BCUT2D eigenvalue weighted by Crippen LogP contribution is -2.19. The Hall–Kier alpha value is -2.05. The summed E-state index contributed by atoms with van der Waals surface area (Å²) in [4.78, 5) is 0. The molecule has 4 rings (SSSR count). The van der Waals surface area contributed by atoms with E-state index in [1.54, 1.807) is 13.0 Å². The SMILES string of the molecule is Cc1cc(F)c2c(c1)CC(C)C2(F)F.Cc1cc2c(c(F)c1F)C(F)(F)C(C)C2. The van der Waals surface area contributed by atoms with Crippen molar-refractivity contribution >= 4 is 0 Å². The van der Waals surface area contributed by atoms with Gasteiger partial charge in [-0.1, -0.05) is 26.0 Å². The molecule has 0 nitrogen and oxygen atoms in total. The van der Waals surface area contributed by atoms with Crippen molar-refractivity contribution in [2.24, 2.45) is 11.8 Å². The van der Waals surface area contributed by atoms with Gasteiger partial charge in [0.2, 0.25) is 0 Å². The van der Waals surface area contributed by atoms with Gasteiger partial charge in [-0.2, -0.15) is 0 Å². The fourth-order valence-electron chi connectivity index (χ4n) is 4.10. The monoisotopic (exact) mass is 418 g/mol. The maximum Gasteiger partial charge on any atom is 0.279 e. The van der Waals surface area contributed by atoms with Crippen LogP contribution in [0, 0.1) is 43.1 Å². The van der Waals surface area contributed by atoms with Crippen molar-refractivity contribution in [3.05, 3.63) is 69.0 Å². The molecule has 0 amide bonds. The lowest BCUT2D eigenvalue weighted by Gasteiger charge is -2.16. The molecule has 0 aliphatic heterocycles. The van der Waals surface area contributed by atoms with E-state index in [4.69, 9.17) is 0 Å². The minimum atomic E-state index is -3.26. The molecular formula is C22H21F7. The van der Waals surface area contributed by atoms with Gasteiger partial charge in [-0.15, -0.1) is 0 Å². The van der Waals surface area contributed by atoms with E-state index < -0.39 is 52.3 Å². The van der Waals surface area contributed by atoms with Crippen LogP contribution in [0.3, 0.4) is 0 Å². The molecule has 2 atom stereocenters.